The van der Waals surface area contributed by atoms with Gasteiger partial charge < -0.3 is 29.6 Å². The molecule has 0 spiro atoms. The van der Waals surface area contributed by atoms with Crippen LogP contribution in [0.2, 0.25) is 0 Å². The molecule has 0 aromatic heterocycles. The van der Waals surface area contributed by atoms with Gasteiger partial charge in [-0.2, -0.15) is 0 Å². The maximum atomic E-state index is 11.5. The summed E-state index contributed by atoms with van der Waals surface area (Å²) in [6.07, 6.45) is 2.12. The fourth-order valence-corrected chi connectivity index (χ4v) is 2.77. The minimum atomic E-state index is -0.642. The minimum absolute atomic E-state index is 0.213. The monoisotopic (exact) mass is 402 g/mol. The lowest BCUT2D eigenvalue weighted by atomic mass is 9.83. The van der Waals surface area contributed by atoms with Crippen LogP contribution in [0.15, 0.2) is 0 Å². The SMILES string of the molecule is CCOC(=O)CNC(=O)OC[C@H]1CC[C@H](COC(=O)NCC(=O)OCC)CC1. The number of amides is 2. The number of hydrogen-bond acceptors (Lipinski definition) is 8. The minimum Gasteiger partial charge on any atom is -0.465 e. The molecule has 0 bridgehead atoms. The molecule has 0 aliphatic heterocycles. The highest BCUT2D eigenvalue weighted by molar-refractivity contribution is 5.78. The smallest absolute Gasteiger partial charge is 0.407 e. The van der Waals surface area contributed by atoms with Crippen molar-refractivity contribution < 1.29 is 38.1 Å². The van der Waals surface area contributed by atoms with E-state index in [4.69, 9.17) is 18.9 Å². The van der Waals surface area contributed by atoms with Gasteiger partial charge in [0.05, 0.1) is 26.4 Å². The van der Waals surface area contributed by atoms with E-state index in [1.54, 1.807) is 13.8 Å². The second kappa shape index (κ2) is 13.6. The zero-order valence-electron chi connectivity index (χ0n) is 16.5. The van der Waals surface area contributed by atoms with Gasteiger partial charge in [0.15, 0.2) is 0 Å². The third kappa shape index (κ3) is 10.6. The van der Waals surface area contributed by atoms with E-state index in [2.05, 4.69) is 10.6 Å². The number of rotatable bonds is 10. The van der Waals surface area contributed by atoms with Crippen LogP contribution in [-0.4, -0.2) is 63.6 Å². The number of hydrogen-bond donors (Lipinski definition) is 2. The highest BCUT2D eigenvalue weighted by Crippen LogP contribution is 2.29. The molecule has 2 amide bonds. The van der Waals surface area contributed by atoms with Gasteiger partial charge in [-0.3, -0.25) is 9.59 Å². The predicted molar refractivity (Wildman–Crippen MR) is 97.4 cm³/mol. The standard InChI is InChI=1S/C18H30N2O8/c1-3-25-15(21)9-19-17(23)27-11-13-5-7-14(8-6-13)12-28-18(24)20-10-16(22)26-4-2/h13-14H,3-12H2,1-2H3,(H,19,23)(H,20,24)/t13-,14-. The lowest BCUT2D eigenvalue weighted by Gasteiger charge is -2.27. The van der Waals surface area contributed by atoms with Crippen LogP contribution in [0.4, 0.5) is 9.59 Å². The molecule has 0 aromatic rings. The molecule has 1 saturated carbocycles. The van der Waals surface area contributed by atoms with Crippen molar-refractivity contribution >= 4 is 24.1 Å². The van der Waals surface area contributed by atoms with Crippen LogP contribution < -0.4 is 10.6 Å². The first-order valence-corrected chi connectivity index (χ1v) is 9.57. The van der Waals surface area contributed by atoms with Gasteiger partial charge in [-0.25, -0.2) is 9.59 Å². The molecule has 0 unspecified atom stereocenters. The molecule has 0 aromatic carbocycles. The highest BCUT2D eigenvalue weighted by atomic mass is 16.6. The first-order valence-electron chi connectivity index (χ1n) is 9.57. The van der Waals surface area contributed by atoms with E-state index in [1.165, 1.54) is 0 Å². The van der Waals surface area contributed by atoms with Gasteiger partial charge in [0.2, 0.25) is 0 Å². The summed E-state index contributed by atoms with van der Waals surface area (Å²) in [7, 11) is 0. The summed E-state index contributed by atoms with van der Waals surface area (Å²) in [5.41, 5.74) is 0. The van der Waals surface area contributed by atoms with Crippen molar-refractivity contribution in [3.63, 3.8) is 0 Å². The van der Waals surface area contributed by atoms with Crippen LogP contribution in [-0.2, 0) is 28.5 Å². The van der Waals surface area contributed by atoms with Crippen LogP contribution in [0.25, 0.3) is 0 Å². The Morgan fingerprint density at radius 3 is 1.36 bits per heavy atom. The van der Waals surface area contributed by atoms with Gasteiger partial charge >= 0.3 is 24.1 Å². The Kier molecular flexibility index (Phi) is 11.4. The van der Waals surface area contributed by atoms with Crippen LogP contribution in [0, 0.1) is 11.8 Å². The summed E-state index contributed by atoms with van der Waals surface area (Å²) >= 11 is 0. The van der Waals surface area contributed by atoms with Crippen molar-refractivity contribution in [2.24, 2.45) is 11.8 Å². The molecule has 10 heteroatoms. The van der Waals surface area contributed by atoms with E-state index in [9.17, 15) is 19.2 Å². The highest BCUT2D eigenvalue weighted by Gasteiger charge is 2.23. The molecule has 2 N–H and O–H groups in total. The summed E-state index contributed by atoms with van der Waals surface area (Å²) in [5.74, 6) is -0.540. The molecule has 0 radical (unpaired) electrons. The van der Waals surface area contributed by atoms with E-state index in [-0.39, 0.29) is 51.4 Å². The van der Waals surface area contributed by atoms with Crippen LogP contribution in [0.5, 0.6) is 0 Å². The molecule has 1 aliphatic carbocycles. The molecule has 1 fully saturated rings. The third-order valence-corrected chi connectivity index (χ3v) is 4.23. The Hall–Kier alpha value is -2.52. The van der Waals surface area contributed by atoms with Gasteiger partial charge in [0.25, 0.3) is 0 Å². The number of carbonyl (C=O) groups is 4. The van der Waals surface area contributed by atoms with Crippen LogP contribution >= 0.6 is 0 Å². The summed E-state index contributed by atoms with van der Waals surface area (Å²) in [6.45, 7) is 4.03. The zero-order valence-corrected chi connectivity index (χ0v) is 16.5. The maximum Gasteiger partial charge on any atom is 0.407 e. The molecular weight excluding hydrogens is 372 g/mol. The fraction of sp³-hybridized carbons (Fsp3) is 0.778. The number of nitrogens with one attached hydrogen (secondary N) is 2. The summed E-state index contributed by atoms with van der Waals surface area (Å²) in [4.78, 5) is 45.4. The van der Waals surface area contributed by atoms with Crippen molar-refractivity contribution in [3.8, 4) is 0 Å². The summed E-state index contributed by atoms with van der Waals surface area (Å²) in [6, 6.07) is 0. The molecule has 0 saturated heterocycles. The molecule has 28 heavy (non-hydrogen) atoms. The Balaban J connectivity index is 2.10. The Morgan fingerprint density at radius 2 is 1.04 bits per heavy atom. The average molecular weight is 402 g/mol. The topological polar surface area (TPSA) is 129 Å². The second-order valence-electron chi connectivity index (χ2n) is 6.40. The maximum absolute atomic E-state index is 11.5. The van der Waals surface area contributed by atoms with E-state index in [1.807, 2.05) is 0 Å². The van der Waals surface area contributed by atoms with Crippen molar-refractivity contribution in [1.82, 2.24) is 10.6 Å². The van der Waals surface area contributed by atoms with E-state index >= 15 is 0 Å². The van der Waals surface area contributed by atoms with Gasteiger partial charge in [-0.1, -0.05) is 0 Å². The van der Waals surface area contributed by atoms with Crippen molar-refractivity contribution in [2.45, 2.75) is 39.5 Å². The molecule has 0 atom stereocenters. The van der Waals surface area contributed by atoms with Crippen molar-refractivity contribution in [3.05, 3.63) is 0 Å². The van der Waals surface area contributed by atoms with Gasteiger partial charge in [-0.15, -0.1) is 0 Å². The van der Waals surface area contributed by atoms with Gasteiger partial charge in [0, 0.05) is 0 Å². The number of alkyl carbamates (subject to hydrolysis) is 2. The lowest BCUT2D eigenvalue weighted by Crippen LogP contribution is -2.33. The predicted octanol–water partition coefficient (Wildman–Crippen LogP) is 1.37. The van der Waals surface area contributed by atoms with Gasteiger partial charge in [0.1, 0.15) is 13.1 Å². The van der Waals surface area contributed by atoms with Crippen LogP contribution in [0.1, 0.15) is 39.5 Å². The largest absolute Gasteiger partial charge is 0.465 e. The van der Waals surface area contributed by atoms with Gasteiger partial charge in [-0.05, 0) is 51.4 Å². The quantitative estimate of drug-likeness (QED) is 0.414. The molecule has 1 aliphatic rings. The zero-order chi connectivity index (χ0) is 20.8. The molecule has 10 nitrogen and oxygen atoms in total. The molecule has 160 valence electrons. The molecule has 0 heterocycles. The van der Waals surface area contributed by atoms with E-state index in [0.717, 1.165) is 25.7 Å². The number of carbonyl (C=O) groups excluding carboxylic acids is 4. The first-order chi connectivity index (χ1) is 13.4. The van der Waals surface area contributed by atoms with Crippen molar-refractivity contribution in [2.75, 3.05) is 39.5 Å². The molecule has 1 rings (SSSR count). The first kappa shape index (κ1) is 23.5. The summed E-state index contributed by atoms with van der Waals surface area (Å²) < 4.78 is 19.6. The summed E-state index contributed by atoms with van der Waals surface area (Å²) in [5, 5.41) is 4.69. The van der Waals surface area contributed by atoms with E-state index in [0.29, 0.717) is 0 Å². The number of esters is 2. The third-order valence-electron chi connectivity index (χ3n) is 4.23. The fourth-order valence-electron chi connectivity index (χ4n) is 2.77. The van der Waals surface area contributed by atoms with E-state index < -0.39 is 24.1 Å². The lowest BCUT2D eigenvalue weighted by molar-refractivity contribution is -0.142. The second-order valence-corrected chi connectivity index (χ2v) is 6.40. The number of ether oxygens (including phenoxy) is 4. The van der Waals surface area contributed by atoms with Crippen molar-refractivity contribution in [1.29, 1.82) is 0 Å². The van der Waals surface area contributed by atoms with Crippen LogP contribution in [0.3, 0.4) is 0 Å². The normalized spacial score (nSPS) is 18.5. The Morgan fingerprint density at radius 1 is 0.679 bits per heavy atom. The Labute approximate surface area is 164 Å². The average Bonchev–Trinajstić information content (AvgIpc) is 2.69. The Bertz CT molecular complexity index is 472. The molecular formula is C18H30N2O8.